The van der Waals surface area contributed by atoms with Crippen LogP contribution in [-0.4, -0.2) is 42.2 Å². The number of hydrogen-bond donors (Lipinski definition) is 1. The number of fused-ring (bicyclic) bond motifs is 1. The topological polar surface area (TPSA) is 67.4 Å². The van der Waals surface area contributed by atoms with Crippen molar-refractivity contribution in [1.82, 2.24) is 9.97 Å². The second kappa shape index (κ2) is 7.39. The van der Waals surface area contributed by atoms with Gasteiger partial charge in [-0.25, -0.2) is 4.98 Å². The molecule has 0 aliphatic carbocycles. The molecule has 0 unspecified atom stereocenters. The molecule has 0 radical (unpaired) electrons. The van der Waals surface area contributed by atoms with Gasteiger partial charge in [0.1, 0.15) is 5.69 Å². The minimum atomic E-state index is -0.241. The number of aryl methyl sites for hydroxylation is 1. The van der Waals surface area contributed by atoms with Crippen molar-refractivity contribution in [2.45, 2.75) is 13.3 Å². The van der Waals surface area contributed by atoms with Crippen molar-refractivity contribution < 1.29 is 9.53 Å². The summed E-state index contributed by atoms with van der Waals surface area (Å²) < 4.78 is 6.46. The first kappa shape index (κ1) is 16.9. The Labute approximate surface area is 155 Å². The molecule has 2 aromatic heterocycles. The van der Waals surface area contributed by atoms with E-state index in [9.17, 15) is 4.79 Å². The first-order valence-electron chi connectivity index (χ1n) is 8.72. The third-order valence-corrected chi connectivity index (χ3v) is 5.37. The number of carbonyl (C=O) groups excluding carboxylic acids is 1. The molecular weight excluding hydrogens is 348 g/mol. The molecular formula is C19H20N4O2S. The summed E-state index contributed by atoms with van der Waals surface area (Å²) >= 11 is 1.48. The Bertz CT molecular complexity index is 934. The van der Waals surface area contributed by atoms with Gasteiger partial charge in [0.05, 0.1) is 23.4 Å². The minimum Gasteiger partial charge on any atom is -0.378 e. The first-order valence-corrected chi connectivity index (χ1v) is 9.54. The van der Waals surface area contributed by atoms with Gasteiger partial charge >= 0.3 is 0 Å². The van der Waals surface area contributed by atoms with Crippen molar-refractivity contribution >= 4 is 38.3 Å². The van der Waals surface area contributed by atoms with Gasteiger partial charge in [0.25, 0.3) is 5.91 Å². The first-order chi connectivity index (χ1) is 12.7. The quantitative estimate of drug-likeness (QED) is 0.765. The highest BCUT2D eigenvalue weighted by Crippen LogP contribution is 2.27. The van der Waals surface area contributed by atoms with E-state index >= 15 is 0 Å². The number of amides is 1. The van der Waals surface area contributed by atoms with Crippen molar-refractivity contribution in [1.29, 1.82) is 0 Å². The van der Waals surface area contributed by atoms with Crippen LogP contribution >= 0.6 is 11.3 Å². The van der Waals surface area contributed by atoms with E-state index in [2.05, 4.69) is 39.2 Å². The summed E-state index contributed by atoms with van der Waals surface area (Å²) in [5, 5.41) is 3.47. The van der Waals surface area contributed by atoms with E-state index in [-0.39, 0.29) is 5.91 Å². The molecule has 0 atom stereocenters. The zero-order chi connectivity index (χ0) is 17.9. The van der Waals surface area contributed by atoms with Crippen LogP contribution in [0.5, 0.6) is 0 Å². The molecule has 1 amide bonds. The van der Waals surface area contributed by atoms with E-state index in [0.717, 1.165) is 35.4 Å². The zero-order valence-electron chi connectivity index (χ0n) is 14.6. The molecule has 6 nitrogen and oxygen atoms in total. The molecule has 1 saturated heterocycles. The maximum Gasteiger partial charge on any atom is 0.276 e. The molecule has 4 rings (SSSR count). The highest BCUT2D eigenvalue weighted by atomic mass is 32.1. The van der Waals surface area contributed by atoms with Crippen molar-refractivity contribution in [2.75, 3.05) is 36.5 Å². The van der Waals surface area contributed by atoms with Crippen LogP contribution in [0.15, 0.2) is 36.5 Å². The fourth-order valence-corrected chi connectivity index (χ4v) is 3.89. The third-order valence-electron chi connectivity index (χ3n) is 4.43. The number of thiazole rings is 1. The maximum atomic E-state index is 12.6. The number of rotatable bonds is 4. The number of hydrogen-bond acceptors (Lipinski definition) is 6. The summed E-state index contributed by atoms with van der Waals surface area (Å²) in [5.74, 6) is -0.241. The SMILES string of the molecule is CCc1ccc2nc(NC(=O)c3cc(N4CCOCC4)ccn3)sc2c1. The molecule has 1 fully saturated rings. The summed E-state index contributed by atoms with van der Waals surface area (Å²) in [7, 11) is 0. The fourth-order valence-electron chi connectivity index (χ4n) is 2.97. The smallest absolute Gasteiger partial charge is 0.276 e. The van der Waals surface area contributed by atoms with Crippen LogP contribution in [0.25, 0.3) is 10.2 Å². The molecule has 3 heterocycles. The standard InChI is InChI=1S/C19H20N4O2S/c1-2-13-3-4-15-17(11-13)26-19(21-15)22-18(24)16-12-14(5-6-20-16)23-7-9-25-10-8-23/h3-6,11-12H,2,7-10H2,1H3,(H,21,22,24). The van der Waals surface area contributed by atoms with Crippen LogP contribution in [0, 0.1) is 0 Å². The lowest BCUT2D eigenvalue weighted by molar-refractivity contribution is 0.102. The number of carbonyl (C=O) groups is 1. The number of morpholine rings is 1. The number of nitrogens with zero attached hydrogens (tertiary/aromatic N) is 3. The average molecular weight is 368 g/mol. The lowest BCUT2D eigenvalue weighted by Crippen LogP contribution is -2.36. The monoisotopic (exact) mass is 368 g/mol. The second-order valence-corrected chi connectivity index (χ2v) is 7.16. The Balaban J connectivity index is 1.52. The Hall–Kier alpha value is -2.51. The molecule has 1 N–H and O–H groups in total. The van der Waals surface area contributed by atoms with Gasteiger partial charge in [-0.2, -0.15) is 0 Å². The lowest BCUT2D eigenvalue weighted by Gasteiger charge is -2.28. The van der Waals surface area contributed by atoms with Crippen LogP contribution in [-0.2, 0) is 11.2 Å². The molecule has 1 aromatic carbocycles. The molecule has 134 valence electrons. The number of ether oxygens (including phenoxy) is 1. The molecule has 3 aromatic rings. The number of pyridine rings is 1. The lowest BCUT2D eigenvalue weighted by atomic mass is 10.2. The van der Waals surface area contributed by atoms with Crippen LogP contribution in [0.1, 0.15) is 23.0 Å². The van der Waals surface area contributed by atoms with E-state index in [0.29, 0.717) is 24.0 Å². The van der Waals surface area contributed by atoms with Gasteiger partial charge in [-0.3, -0.25) is 15.1 Å². The summed E-state index contributed by atoms with van der Waals surface area (Å²) in [6.07, 6.45) is 2.65. The summed E-state index contributed by atoms with van der Waals surface area (Å²) in [4.78, 5) is 23.5. The van der Waals surface area contributed by atoms with Gasteiger partial charge in [-0.15, -0.1) is 0 Å². The van der Waals surface area contributed by atoms with E-state index in [1.54, 1.807) is 6.20 Å². The molecule has 26 heavy (non-hydrogen) atoms. The Morgan fingerprint density at radius 3 is 2.92 bits per heavy atom. The predicted molar refractivity (Wildman–Crippen MR) is 104 cm³/mol. The van der Waals surface area contributed by atoms with Gasteiger partial charge in [-0.1, -0.05) is 24.3 Å². The van der Waals surface area contributed by atoms with Crippen molar-refractivity contribution in [3.8, 4) is 0 Å². The summed E-state index contributed by atoms with van der Waals surface area (Å²) in [6.45, 7) is 5.17. The maximum absolute atomic E-state index is 12.6. The minimum absolute atomic E-state index is 0.241. The van der Waals surface area contributed by atoms with Crippen molar-refractivity contribution in [3.05, 3.63) is 47.8 Å². The van der Waals surface area contributed by atoms with Gasteiger partial charge in [0, 0.05) is 25.0 Å². The second-order valence-electron chi connectivity index (χ2n) is 6.13. The summed E-state index contributed by atoms with van der Waals surface area (Å²) in [6, 6.07) is 9.94. The Morgan fingerprint density at radius 2 is 2.12 bits per heavy atom. The van der Waals surface area contributed by atoms with Crippen molar-refractivity contribution in [2.24, 2.45) is 0 Å². The Morgan fingerprint density at radius 1 is 1.27 bits per heavy atom. The van der Waals surface area contributed by atoms with Crippen LogP contribution in [0.2, 0.25) is 0 Å². The van der Waals surface area contributed by atoms with E-state index in [4.69, 9.17) is 4.74 Å². The normalized spacial score (nSPS) is 14.6. The van der Waals surface area contributed by atoms with E-state index in [1.165, 1.54) is 16.9 Å². The van der Waals surface area contributed by atoms with Crippen molar-refractivity contribution in [3.63, 3.8) is 0 Å². The largest absolute Gasteiger partial charge is 0.378 e. The van der Waals surface area contributed by atoms with Gasteiger partial charge < -0.3 is 9.64 Å². The molecule has 1 aliphatic heterocycles. The molecule has 1 aliphatic rings. The number of anilines is 2. The number of nitrogens with one attached hydrogen (secondary N) is 1. The third kappa shape index (κ3) is 3.54. The molecule has 0 bridgehead atoms. The summed E-state index contributed by atoms with van der Waals surface area (Å²) in [5.41, 5.74) is 3.55. The predicted octanol–water partition coefficient (Wildman–Crippen LogP) is 3.34. The number of benzene rings is 1. The highest BCUT2D eigenvalue weighted by molar-refractivity contribution is 7.22. The van der Waals surface area contributed by atoms with E-state index in [1.807, 2.05) is 18.2 Å². The highest BCUT2D eigenvalue weighted by Gasteiger charge is 2.15. The van der Waals surface area contributed by atoms with Crippen LogP contribution in [0.4, 0.5) is 10.8 Å². The van der Waals surface area contributed by atoms with Gasteiger partial charge in [-0.05, 0) is 36.2 Å². The molecule has 0 spiro atoms. The Kier molecular flexibility index (Phi) is 4.81. The molecule has 0 saturated carbocycles. The van der Waals surface area contributed by atoms with Gasteiger partial charge in [0.2, 0.25) is 0 Å². The zero-order valence-corrected chi connectivity index (χ0v) is 15.4. The number of aromatic nitrogens is 2. The van der Waals surface area contributed by atoms with Gasteiger partial charge in [0.15, 0.2) is 5.13 Å². The van der Waals surface area contributed by atoms with Crippen LogP contribution in [0.3, 0.4) is 0 Å². The average Bonchev–Trinajstić information content (AvgIpc) is 3.10. The van der Waals surface area contributed by atoms with E-state index < -0.39 is 0 Å². The fraction of sp³-hybridized carbons (Fsp3) is 0.316. The van der Waals surface area contributed by atoms with Crippen LogP contribution < -0.4 is 10.2 Å². The molecule has 7 heteroatoms.